The van der Waals surface area contributed by atoms with E-state index < -0.39 is 12.0 Å². The molecule has 11 heteroatoms. The molecular formula is C28H40N6O5. The van der Waals surface area contributed by atoms with Gasteiger partial charge >= 0.3 is 12.1 Å². The molecule has 1 aromatic heterocycles. The number of nitrogens with zero attached hydrogens (tertiary/aromatic N) is 5. The van der Waals surface area contributed by atoms with E-state index in [2.05, 4.69) is 15.3 Å². The normalized spacial score (nSPS) is 13.7. The first-order valence-corrected chi connectivity index (χ1v) is 13.7. The zero-order valence-electron chi connectivity index (χ0n) is 23.5. The van der Waals surface area contributed by atoms with Crippen LogP contribution >= 0.6 is 0 Å². The van der Waals surface area contributed by atoms with E-state index in [-0.39, 0.29) is 30.2 Å². The van der Waals surface area contributed by atoms with Crippen LogP contribution in [-0.4, -0.2) is 76.7 Å². The lowest BCUT2D eigenvalue weighted by molar-refractivity contribution is -0.137. The van der Waals surface area contributed by atoms with Crippen molar-refractivity contribution in [1.29, 1.82) is 0 Å². The molecule has 2 N–H and O–H groups in total. The Hall–Kier alpha value is -3.89. The fourth-order valence-corrected chi connectivity index (χ4v) is 4.44. The van der Waals surface area contributed by atoms with Crippen LogP contribution in [0, 0.1) is 5.92 Å². The molecule has 212 valence electrons. The number of carbonyl (C=O) groups excluding carboxylic acids is 2. The van der Waals surface area contributed by atoms with Gasteiger partial charge in [0, 0.05) is 45.1 Å². The van der Waals surface area contributed by atoms with Gasteiger partial charge in [-0.05, 0) is 51.3 Å². The molecule has 11 nitrogen and oxygen atoms in total. The molecule has 0 bridgehead atoms. The summed E-state index contributed by atoms with van der Waals surface area (Å²) in [5, 5.41) is 13.1. The molecule has 1 atom stereocenters. The first kappa shape index (κ1) is 29.7. The lowest BCUT2D eigenvalue weighted by atomic mass is 10.1. The molecule has 1 aliphatic rings. The van der Waals surface area contributed by atoms with Crippen molar-refractivity contribution < 1.29 is 24.2 Å². The molecule has 0 radical (unpaired) electrons. The van der Waals surface area contributed by atoms with Crippen LogP contribution in [0.2, 0.25) is 0 Å². The number of anilines is 3. The maximum absolute atomic E-state index is 12.9. The summed E-state index contributed by atoms with van der Waals surface area (Å²) in [5.74, 6) is -0.284. The van der Waals surface area contributed by atoms with Gasteiger partial charge in [0.05, 0.1) is 6.20 Å². The number of carboxylic acid groups (broad SMARTS) is 1. The number of amides is 2. The highest BCUT2D eigenvalue weighted by Crippen LogP contribution is 2.28. The second kappa shape index (κ2) is 13.8. The van der Waals surface area contributed by atoms with Crippen molar-refractivity contribution >= 4 is 35.4 Å². The Kier molecular flexibility index (Phi) is 10.5. The van der Waals surface area contributed by atoms with Crippen molar-refractivity contribution in [2.45, 2.75) is 59.9 Å². The lowest BCUT2D eigenvalue weighted by Crippen LogP contribution is -2.37. The Morgan fingerprint density at radius 3 is 2.23 bits per heavy atom. The summed E-state index contributed by atoms with van der Waals surface area (Å²) in [6.45, 7) is 12.6. The standard InChI is InChI=1S/C28H40N6O5/c1-6-32(7-2)27-29-18-23(34(8-3)25(35)19(4)5)24(31-27)30-22(26(36)37)17-20-11-13-21(14-12-20)39-28(38)33-15-9-10-16-33/h11-14,18-19,22H,6-10,15-17H2,1-5H3,(H,36,37)(H,29,30,31)/t22-/m1/s1. The molecular weight excluding hydrogens is 500 g/mol. The number of rotatable bonds is 12. The van der Waals surface area contributed by atoms with Crippen molar-refractivity contribution in [2.75, 3.05) is 47.8 Å². The number of nitrogens with one attached hydrogen (secondary N) is 1. The fraction of sp³-hybridized carbons (Fsp3) is 0.536. The minimum absolute atomic E-state index is 0.106. The number of hydrogen-bond donors (Lipinski definition) is 2. The quantitative estimate of drug-likeness (QED) is 0.410. The van der Waals surface area contributed by atoms with Gasteiger partial charge in [-0.3, -0.25) is 4.79 Å². The monoisotopic (exact) mass is 540 g/mol. The number of ether oxygens (including phenoxy) is 1. The van der Waals surface area contributed by atoms with Crippen LogP contribution in [-0.2, 0) is 16.0 Å². The Bertz CT molecular complexity index is 1130. The van der Waals surface area contributed by atoms with Crippen LogP contribution in [0.5, 0.6) is 5.75 Å². The minimum atomic E-state index is -1.06. The SMILES string of the molecule is CCN(CC)c1ncc(N(CC)C(=O)C(C)C)c(N[C@H](Cc2ccc(OC(=O)N3CCCC3)cc2)C(=O)O)n1. The summed E-state index contributed by atoms with van der Waals surface area (Å²) in [6, 6.07) is 5.78. The second-order valence-electron chi connectivity index (χ2n) is 9.76. The van der Waals surface area contributed by atoms with Crippen molar-refractivity contribution in [3.63, 3.8) is 0 Å². The van der Waals surface area contributed by atoms with E-state index in [1.807, 2.05) is 39.5 Å². The molecule has 2 heterocycles. The summed E-state index contributed by atoms with van der Waals surface area (Å²) < 4.78 is 5.45. The average molecular weight is 541 g/mol. The predicted octanol–water partition coefficient (Wildman–Crippen LogP) is 4.03. The van der Waals surface area contributed by atoms with Gasteiger partial charge in [-0.2, -0.15) is 4.98 Å². The minimum Gasteiger partial charge on any atom is -0.480 e. The molecule has 1 fully saturated rings. The molecule has 1 saturated heterocycles. The zero-order valence-corrected chi connectivity index (χ0v) is 23.5. The molecule has 0 unspecified atom stereocenters. The topological polar surface area (TPSA) is 128 Å². The summed E-state index contributed by atoms with van der Waals surface area (Å²) in [6.07, 6.45) is 3.30. The van der Waals surface area contributed by atoms with E-state index in [1.54, 1.807) is 40.3 Å². The van der Waals surface area contributed by atoms with E-state index in [0.29, 0.717) is 50.1 Å². The number of aliphatic carboxylic acids is 1. The molecule has 1 aliphatic heterocycles. The zero-order chi connectivity index (χ0) is 28.5. The fourth-order valence-electron chi connectivity index (χ4n) is 4.44. The number of carboxylic acids is 1. The summed E-state index contributed by atoms with van der Waals surface area (Å²) in [7, 11) is 0. The van der Waals surface area contributed by atoms with E-state index >= 15 is 0 Å². The van der Waals surface area contributed by atoms with Crippen LogP contribution in [0.1, 0.15) is 53.0 Å². The van der Waals surface area contributed by atoms with E-state index in [0.717, 1.165) is 18.4 Å². The number of likely N-dealkylation sites (tertiary alicyclic amines) is 1. The maximum Gasteiger partial charge on any atom is 0.415 e. The molecule has 0 aliphatic carbocycles. The van der Waals surface area contributed by atoms with Gasteiger partial charge in [-0.25, -0.2) is 14.6 Å². The van der Waals surface area contributed by atoms with Crippen molar-refractivity contribution in [2.24, 2.45) is 5.92 Å². The summed E-state index contributed by atoms with van der Waals surface area (Å²) in [4.78, 5) is 51.9. The van der Waals surface area contributed by atoms with Crippen LogP contribution in [0.25, 0.3) is 0 Å². The smallest absolute Gasteiger partial charge is 0.415 e. The Labute approximate surface area is 230 Å². The number of benzene rings is 1. The van der Waals surface area contributed by atoms with Crippen LogP contribution in [0.3, 0.4) is 0 Å². The number of carbonyl (C=O) groups is 3. The Balaban J connectivity index is 1.85. The third-order valence-electron chi connectivity index (χ3n) is 6.71. The van der Waals surface area contributed by atoms with Gasteiger partial charge in [0.25, 0.3) is 0 Å². The Morgan fingerprint density at radius 1 is 1.05 bits per heavy atom. The Morgan fingerprint density at radius 2 is 1.69 bits per heavy atom. The summed E-state index contributed by atoms with van der Waals surface area (Å²) >= 11 is 0. The lowest BCUT2D eigenvalue weighted by Gasteiger charge is -2.28. The summed E-state index contributed by atoms with van der Waals surface area (Å²) in [5.41, 5.74) is 1.17. The molecule has 2 aromatic rings. The van der Waals surface area contributed by atoms with Gasteiger partial charge in [0.2, 0.25) is 11.9 Å². The highest BCUT2D eigenvalue weighted by Gasteiger charge is 2.26. The van der Waals surface area contributed by atoms with Crippen LogP contribution < -0.4 is 19.9 Å². The third kappa shape index (κ3) is 7.58. The highest BCUT2D eigenvalue weighted by molar-refractivity contribution is 5.97. The maximum atomic E-state index is 12.9. The largest absolute Gasteiger partial charge is 0.480 e. The van der Waals surface area contributed by atoms with E-state index in [9.17, 15) is 19.5 Å². The molecule has 2 amide bonds. The first-order valence-electron chi connectivity index (χ1n) is 13.7. The molecule has 0 saturated carbocycles. The van der Waals surface area contributed by atoms with Gasteiger partial charge in [-0.15, -0.1) is 0 Å². The first-order chi connectivity index (χ1) is 18.7. The van der Waals surface area contributed by atoms with Crippen LogP contribution in [0.15, 0.2) is 30.5 Å². The molecule has 39 heavy (non-hydrogen) atoms. The highest BCUT2D eigenvalue weighted by atomic mass is 16.6. The van der Waals surface area contributed by atoms with Gasteiger partial charge < -0.3 is 29.9 Å². The third-order valence-corrected chi connectivity index (χ3v) is 6.71. The van der Waals surface area contributed by atoms with Crippen molar-refractivity contribution in [3.8, 4) is 5.75 Å². The second-order valence-corrected chi connectivity index (χ2v) is 9.76. The van der Waals surface area contributed by atoms with E-state index in [4.69, 9.17) is 4.74 Å². The van der Waals surface area contributed by atoms with E-state index in [1.165, 1.54) is 0 Å². The van der Waals surface area contributed by atoms with Gasteiger partial charge in [-0.1, -0.05) is 26.0 Å². The molecule has 1 aromatic carbocycles. The van der Waals surface area contributed by atoms with Gasteiger partial charge in [0.1, 0.15) is 17.5 Å². The van der Waals surface area contributed by atoms with Crippen molar-refractivity contribution in [3.05, 3.63) is 36.0 Å². The molecule has 0 spiro atoms. The molecule has 3 rings (SSSR count). The van der Waals surface area contributed by atoms with Crippen molar-refractivity contribution in [1.82, 2.24) is 14.9 Å². The number of aromatic nitrogens is 2. The average Bonchev–Trinajstić information content (AvgIpc) is 3.46. The number of hydrogen-bond acceptors (Lipinski definition) is 8. The van der Waals surface area contributed by atoms with Crippen LogP contribution in [0.4, 0.5) is 22.2 Å². The van der Waals surface area contributed by atoms with Gasteiger partial charge in [0.15, 0.2) is 5.82 Å². The predicted molar refractivity (Wildman–Crippen MR) is 150 cm³/mol.